The Morgan fingerprint density at radius 1 is 1.29 bits per heavy atom. The maximum Gasteiger partial charge on any atom is 0.303 e. The number of aromatic hydroxyl groups is 1. The Balaban J connectivity index is 1.90. The Morgan fingerprint density at radius 3 is 2.53 bits per heavy atom. The fourth-order valence-electron chi connectivity index (χ4n) is 2.33. The number of piperidine rings is 1. The number of hydrogen-bond donors (Lipinski definition) is 3. The molecule has 1 aliphatic rings. The molecule has 1 heterocycles. The van der Waals surface area contributed by atoms with Crippen LogP contribution >= 0.6 is 0 Å². The third kappa shape index (κ3) is 3.20. The average molecular weight is 235 g/mol. The number of nitrogens with one attached hydrogen (secondary N) is 1. The molecule has 1 fully saturated rings. The summed E-state index contributed by atoms with van der Waals surface area (Å²) in [5.41, 5.74) is 1.15. The molecule has 2 rings (SSSR count). The number of phenols is 1. The third-order valence-electron chi connectivity index (χ3n) is 3.28. The van der Waals surface area contributed by atoms with Crippen molar-refractivity contribution in [2.75, 3.05) is 6.54 Å². The number of aliphatic carboxylic acids is 1. The van der Waals surface area contributed by atoms with Crippen molar-refractivity contribution in [2.24, 2.45) is 5.92 Å². The minimum absolute atomic E-state index is 0.237. The lowest BCUT2D eigenvalue weighted by atomic mass is 9.89. The van der Waals surface area contributed by atoms with Crippen LogP contribution in [0.25, 0.3) is 0 Å². The first-order valence-electron chi connectivity index (χ1n) is 5.89. The number of carboxylic acids is 1. The zero-order valence-electron chi connectivity index (χ0n) is 9.60. The topological polar surface area (TPSA) is 69.6 Å². The second-order valence-corrected chi connectivity index (χ2v) is 4.59. The lowest BCUT2D eigenvalue weighted by molar-refractivity contribution is -0.138. The minimum Gasteiger partial charge on any atom is -0.508 e. The molecule has 0 aliphatic carbocycles. The second-order valence-electron chi connectivity index (χ2n) is 4.59. The van der Waals surface area contributed by atoms with Gasteiger partial charge in [0.2, 0.25) is 0 Å². The zero-order valence-corrected chi connectivity index (χ0v) is 9.60. The van der Waals surface area contributed by atoms with Gasteiger partial charge in [-0.1, -0.05) is 12.1 Å². The molecule has 1 aromatic carbocycles. The van der Waals surface area contributed by atoms with Crippen molar-refractivity contribution in [3.8, 4) is 5.75 Å². The van der Waals surface area contributed by atoms with E-state index in [0.717, 1.165) is 24.9 Å². The molecule has 17 heavy (non-hydrogen) atoms. The van der Waals surface area contributed by atoms with Crippen LogP contribution in [0.5, 0.6) is 5.75 Å². The van der Waals surface area contributed by atoms with Crippen LogP contribution in [-0.2, 0) is 4.79 Å². The first-order chi connectivity index (χ1) is 8.15. The van der Waals surface area contributed by atoms with Gasteiger partial charge in [0, 0.05) is 12.5 Å². The minimum atomic E-state index is -0.722. The highest BCUT2D eigenvalue weighted by atomic mass is 16.4. The van der Waals surface area contributed by atoms with Crippen LogP contribution < -0.4 is 5.32 Å². The van der Waals surface area contributed by atoms with Crippen LogP contribution in [-0.4, -0.2) is 22.7 Å². The molecule has 3 N–H and O–H groups in total. The van der Waals surface area contributed by atoms with Crippen LogP contribution in [0.2, 0.25) is 0 Å². The molecule has 0 aromatic heterocycles. The molecule has 1 saturated heterocycles. The first-order valence-corrected chi connectivity index (χ1v) is 5.89. The van der Waals surface area contributed by atoms with E-state index in [1.54, 1.807) is 12.1 Å². The standard InChI is InChI=1S/C13H17NO3/c15-11-4-2-10(3-5-11)12-6-1-9(8-14-12)7-13(16)17/h2-5,9,12,14-15H,1,6-8H2,(H,16,17). The molecule has 0 amide bonds. The van der Waals surface area contributed by atoms with Crippen LogP contribution in [0.1, 0.15) is 30.9 Å². The Labute approximate surface area is 100 Å². The summed E-state index contributed by atoms with van der Waals surface area (Å²) < 4.78 is 0. The molecular weight excluding hydrogens is 218 g/mol. The van der Waals surface area contributed by atoms with E-state index in [0.29, 0.717) is 0 Å². The monoisotopic (exact) mass is 235 g/mol. The van der Waals surface area contributed by atoms with Crippen LogP contribution in [0.4, 0.5) is 0 Å². The van der Waals surface area contributed by atoms with Gasteiger partial charge in [-0.25, -0.2) is 0 Å². The van der Waals surface area contributed by atoms with Crippen molar-refractivity contribution in [1.82, 2.24) is 5.32 Å². The second kappa shape index (κ2) is 5.19. The molecule has 0 spiro atoms. The molecule has 1 aliphatic heterocycles. The number of hydrogen-bond acceptors (Lipinski definition) is 3. The maximum atomic E-state index is 10.6. The molecule has 0 radical (unpaired) electrons. The van der Waals surface area contributed by atoms with Crippen molar-refractivity contribution >= 4 is 5.97 Å². The predicted octanol–water partition coefficient (Wildman–Crippen LogP) is 1.91. The van der Waals surface area contributed by atoms with Crippen molar-refractivity contribution < 1.29 is 15.0 Å². The fraction of sp³-hybridized carbons (Fsp3) is 0.462. The van der Waals surface area contributed by atoms with E-state index in [1.807, 2.05) is 12.1 Å². The van der Waals surface area contributed by atoms with E-state index >= 15 is 0 Å². The van der Waals surface area contributed by atoms with Crippen molar-refractivity contribution in [3.63, 3.8) is 0 Å². The number of rotatable bonds is 3. The van der Waals surface area contributed by atoms with Crippen LogP contribution in [0.3, 0.4) is 0 Å². The Kier molecular flexibility index (Phi) is 3.64. The van der Waals surface area contributed by atoms with Crippen molar-refractivity contribution in [3.05, 3.63) is 29.8 Å². The molecule has 4 nitrogen and oxygen atoms in total. The van der Waals surface area contributed by atoms with Gasteiger partial charge < -0.3 is 15.5 Å². The Morgan fingerprint density at radius 2 is 2.00 bits per heavy atom. The number of phenolic OH excluding ortho intramolecular Hbond substituents is 1. The van der Waals surface area contributed by atoms with E-state index < -0.39 is 5.97 Å². The number of carbonyl (C=O) groups is 1. The predicted molar refractivity (Wildman–Crippen MR) is 63.8 cm³/mol. The van der Waals surface area contributed by atoms with Crippen LogP contribution in [0, 0.1) is 5.92 Å². The number of benzene rings is 1. The van der Waals surface area contributed by atoms with E-state index in [4.69, 9.17) is 5.11 Å². The van der Waals surface area contributed by atoms with E-state index in [9.17, 15) is 9.90 Å². The van der Waals surface area contributed by atoms with Gasteiger partial charge in [0.15, 0.2) is 0 Å². The van der Waals surface area contributed by atoms with Gasteiger partial charge in [-0.2, -0.15) is 0 Å². The van der Waals surface area contributed by atoms with Gasteiger partial charge >= 0.3 is 5.97 Å². The smallest absolute Gasteiger partial charge is 0.303 e. The average Bonchev–Trinajstić information content (AvgIpc) is 2.30. The molecule has 4 heteroatoms. The highest BCUT2D eigenvalue weighted by Crippen LogP contribution is 2.28. The lowest BCUT2D eigenvalue weighted by Gasteiger charge is -2.29. The first kappa shape index (κ1) is 11.9. The van der Waals surface area contributed by atoms with Crippen molar-refractivity contribution in [2.45, 2.75) is 25.3 Å². The highest BCUT2D eigenvalue weighted by Gasteiger charge is 2.23. The number of carboxylic acid groups (broad SMARTS) is 1. The summed E-state index contributed by atoms with van der Waals surface area (Å²) in [5, 5.41) is 21.3. The normalized spacial score (nSPS) is 24.5. The molecule has 1 aromatic rings. The quantitative estimate of drug-likeness (QED) is 0.748. The van der Waals surface area contributed by atoms with Gasteiger partial charge in [0.1, 0.15) is 5.75 Å². The summed E-state index contributed by atoms with van der Waals surface area (Å²) in [5.74, 6) is -0.214. The van der Waals surface area contributed by atoms with Gasteiger partial charge in [0.25, 0.3) is 0 Å². The molecule has 0 bridgehead atoms. The summed E-state index contributed by atoms with van der Waals surface area (Å²) >= 11 is 0. The van der Waals surface area contributed by atoms with Crippen LogP contribution in [0.15, 0.2) is 24.3 Å². The summed E-state index contributed by atoms with van der Waals surface area (Å²) in [4.78, 5) is 10.6. The Hall–Kier alpha value is -1.55. The third-order valence-corrected chi connectivity index (χ3v) is 3.28. The van der Waals surface area contributed by atoms with E-state index in [1.165, 1.54) is 0 Å². The Bertz CT molecular complexity index is 380. The SMILES string of the molecule is O=C(O)CC1CCC(c2ccc(O)cc2)NC1. The van der Waals surface area contributed by atoms with Gasteiger partial charge in [0.05, 0.1) is 0 Å². The molecule has 92 valence electrons. The van der Waals surface area contributed by atoms with Crippen molar-refractivity contribution in [1.29, 1.82) is 0 Å². The van der Waals surface area contributed by atoms with E-state index in [2.05, 4.69) is 5.32 Å². The van der Waals surface area contributed by atoms with Gasteiger partial charge in [-0.3, -0.25) is 4.79 Å². The molecule has 0 saturated carbocycles. The zero-order chi connectivity index (χ0) is 12.3. The molecule has 2 unspecified atom stereocenters. The largest absolute Gasteiger partial charge is 0.508 e. The van der Waals surface area contributed by atoms with Gasteiger partial charge in [-0.15, -0.1) is 0 Å². The maximum absolute atomic E-state index is 10.6. The summed E-state index contributed by atoms with van der Waals surface area (Å²) in [6, 6.07) is 7.45. The molecular formula is C13H17NO3. The lowest BCUT2D eigenvalue weighted by Crippen LogP contribution is -2.34. The molecule has 2 atom stereocenters. The van der Waals surface area contributed by atoms with E-state index in [-0.39, 0.29) is 24.1 Å². The summed E-state index contributed by atoms with van der Waals surface area (Å²) in [6.07, 6.45) is 2.13. The fourth-order valence-corrected chi connectivity index (χ4v) is 2.33. The summed E-state index contributed by atoms with van der Waals surface area (Å²) in [7, 11) is 0. The highest BCUT2D eigenvalue weighted by molar-refractivity contribution is 5.67. The summed E-state index contributed by atoms with van der Waals surface area (Å²) in [6.45, 7) is 0.748. The van der Waals surface area contributed by atoms with Gasteiger partial charge in [-0.05, 0) is 43.0 Å².